The third-order valence-corrected chi connectivity index (χ3v) is 4.83. The van der Waals surface area contributed by atoms with Crippen LogP contribution in [0.4, 0.5) is 14.9 Å². The Bertz CT molecular complexity index is 742. The number of benzene rings is 2. The summed E-state index contributed by atoms with van der Waals surface area (Å²) in [5.74, 6) is -0.309. The lowest BCUT2D eigenvalue weighted by Gasteiger charge is -2.42. The average Bonchev–Trinajstić information content (AvgIpc) is 2.50. The molecule has 3 nitrogen and oxygen atoms in total. The summed E-state index contributed by atoms with van der Waals surface area (Å²) in [6.45, 7) is 1.77. The van der Waals surface area contributed by atoms with Crippen molar-refractivity contribution in [2.75, 3.05) is 5.32 Å². The van der Waals surface area contributed by atoms with Crippen LogP contribution in [0.1, 0.15) is 30.4 Å². The molecule has 0 aliphatic heterocycles. The highest BCUT2D eigenvalue weighted by Crippen LogP contribution is 2.35. The molecule has 5 heteroatoms. The molecule has 0 saturated heterocycles. The maximum atomic E-state index is 13.2. The Morgan fingerprint density at radius 1 is 1.21 bits per heavy atom. The predicted molar refractivity (Wildman–Crippen MR) is 95.0 cm³/mol. The number of amides is 2. The standard InChI is InChI=1S/C19H20ClFN2O/c1-13-11-16(21)7-8-17(13)22-18(24)23-19(9-2-10-19)12-14-3-5-15(20)6-4-14/h3-8,11H,2,9-10,12H2,1H3,(H2,22,23,24). The first-order valence-corrected chi connectivity index (χ1v) is 8.43. The van der Waals surface area contributed by atoms with Gasteiger partial charge in [0.1, 0.15) is 5.82 Å². The van der Waals surface area contributed by atoms with E-state index in [2.05, 4.69) is 10.6 Å². The van der Waals surface area contributed by atoms with Gasteiger partial charge in [-0.2, -0.15) is 0 Å². The molecular weight excluding hydrogens is 327 g/mol. The number of aryl methyl sites for hydroxylation is 1. The first kappa shape index (κ1) is 16.8. The van der Waals surface area contributed by atoms with Crippen LogP contribution in [0.3, 0.4) is 0 Å². The molecule has 3 rings (SSSR count). The molecule has 2 amide bonds. The van der Waals surface area contributed by atoms with Crippen molar-refractivity contribution in [2.45, 2.75) is 38.1 Å². The molecule has 0 aromatic heterocycles. The number of nitrogens with one attached hydrogen (secondary N) is 2. The van der Waals surface area contributed by atoms with Gasteiger partial charge in [0.2, 0.25) is 0 Å². The number of anilines is 1. The van der Waals surface area contributed by atoms with Crippen LogP contribution in [0, 0.1) is 12.7 Å². The van der Waals surface area contributed by atoms with Crippen LogP contribution in [0.15, 0.2) is 42.5 Å². The summed E-state index contributed by atoms with van der Waals surface area (Å²) >= 11 is 5.92. The summed E-state index contributed by atoms with van der Waals surface area (Å²) in [7, 11) is 0. The van der Waals surface area contributed by atoms with Gasteiger partial charge in [-0.05, 0) is 74.1 Å². The predicted octanol–water partition coefficient (Wildman–Crippen LogP) is 5.07. The molecule has 1 aliphatic carbocycles. The summed E-state index contributed by atoms with van der Waals surface area (Å²) in [6.07, 6.45) is 3.78. The number of urea groups is 1. The van der Waals surface area contributed by atoms with Gasteiger partial charge < -0.3 is 10.6 Å². The van der Waals surface area contributed by atoms with Crippen LogP contribution in [0.5, 0.6) is 0 Å². The van der Waals surface area contributed by atoms with E-state index < -0.39 is 0 Å². The minimum absolute atomic E-state index is 0.216. The van der Waals surface area contributed by atoms with E-state index in [1.165, 1.54) is 12.1 Å². The Balaban J connectivity index is 1.66. The van der Waals surface area contributed by atoms with E-state index in [4.69, 9.17) is 11.6 Å². The fraction of sp³-hybridized carbons (Fsp3) is 0.316. The van der Waals surface area contributed by atoms with Crippen molar-refractivity contribution in [3.63, 3.8) is 0 Å². The third kappa shape index (κ3) is 3.88. The van der Waals surface area contributed by atoms with Crippen molar-refractivity contribution < 1.29 is 9.18 Å². The number of hydrogen-bond donors (Lipinski definition) is 2. The van der Waals surface area contributed by atoms with E-state index >= 15 is 0 Å². The van der Waals surface area contributed by atoms with Crippen molar-refractivity contribution in [3.05, 3.63) is 64.4 Å². The largest absolute Gasteiger partial charge is 0.332 e. The second-order valence-electron chi connectivity index (χ2n) is 6.48. The van der Waals surface area contributed by atoms with Gasteiger partial charge in [0.25, 0.3) is 0 Å². The molecule has 1 aliphatic rings. The van der Waals surface area contributed by atoms with Gasteiger partial charge in [0, 0.05) is 16.2 Å². The molecule has 0 radical (unpaired) electrons. The van der Waals surface area contributed by atoms with Crippen molar-refractivity contribution in [3.8, 4) is 0 Å². The molecule has 0 unspecified atom stereocenters. The van der Waals surface area contributed by atoms with Gasteiger partial charge >= 0.3 is 6.03 Å². The van der Waals surface area contributed by atoms with Gasteiger partial charge in [-0.25, -0.2) is 9.18 Å². The molecule has 0 spiro atoms. The van der Waals surface area contributed by atoms with Gasteiger partial charge in [-0.1, -0.05) is 23.7 Å². The third-order valence-electron chi connectivity index (χ3n) is 4.58. The minimum atomic E-state index is -0.309. The second kappa shape index (κ2) is 6.81. The lowest BCUT2D eigenvalue weighted by molar-refractivity contribution is 0.183. The molecule has 2 N–H and O–H groups in total. The quantitative estimate of drug-likeness (QED) is 0.796. The summed E-state index contributed by atoms with van der Waals surface area (Å²) < 4.78 is 13.2. The zero-order valence-corrected chi connectivity index (χ0v) is 14.3. The van der Waals surface area contributed by atoms with Gasteiger partial charge in [-0.15, -0.1) is 0 Å². The number of carbonyl (C=O) groups excluding carboxylic acids is 1. The van der Waals surface area contributed by atoms with Crippen LogP contribution in [0.25, 0.3) is 0 Å². The van der Waals surface area contributed by atoms with Crippen LogP contribution in [0.2, 0.25) is 5.02 Å². The van der Waals surface area contributed by atoms with Crippen molar-refractivity contribution in [1.29, 1.82) is 0 Å². The molecule has 2 aromatic carbocycles. The Kier molecular flexibility index (Phi) is 4.76. The van der Waals surface area contributed by atoms with E-state index in [0.717, 1.165) is 31.2 Å². The van der Waals surface area contributed by atoms with Crippen LogP contribution in [-0.4, -0.2) is 11.6 Å². The van der Waals surface area contributed by atoms with E-state index in [9.17, 15) is 9.18 Å². The lowest BCUT2D eigenvalue weighted by Crippen LogP contribution is -2.56. The summed E-state index contributed by atoms with van der Waals surface area (Å²) in [5, 5.41) is 6.63. The molecule has 0 atom stereocenters. The number of halogens is 2. The summed E-state index contributed by atoms with van der Waals surface area (Å²) in [5.41, 5.74) is 2.25. The first-order chi connectivity index (χ1) is 11.5. The molecule has 1 saturated carbocycles. The fourth-order valence-corrected chi connectivity index (χ4v) is 3.23. The average molecular weight is 347 g/mol. The molecule has 0 bridgehead atoms. The number of carbonyl (C=O) groups is 1. The normalized spacial score (nSPS) is 15.5. The Labute approximate surface area is 146 Å². The molecule has 1 fully saturated rings. The van der Waals surface area contributed by atoms with Crippen LogP contribution < -0.4 is 10.6 Å². The van der Waals surface area contributed by atoms with E-state index in [0.29, 0.717) is 16.3 Å². The Morgan fingerprint density at radius 2 is 1.92 bits per heavy atom. The number of rotatable bonds is 4. The van der Waals surface area contributed by atoms with E-state index in [1.54, 1.807) is 13.0 Å². The zero-order valence-electron chi connectivity index (χ0n) is 13.5. The van der Waals surface area contributed by atoms with E-state index in [-0.39, 0.29) is 17.4 Å². The smallest absolute Gasteiger partial charge is 0.319 e. The van der Waals surface area contributed by atoms with Gasteiger partial charge in [0.05, 0.1) is 0 Å². The Hall–Kier alpha value is -2.07. The first-order valence-electron chi connectivity index (χ1n) is 8.06. The van der Waals surface area contributed by atoms with Crippen molar-refractivity contribution >= 4 is 23.3 Å². The molecule has 2 aromatic rings. The van der Waals surface area contributed by atoms with Crippen molar-refractivity contribution in [2.24, 2.45) is 0 Å². The highest BCUT2D eigenvalue weighted by Gasteiger charge is 2.38. The lowest BCUT2D eigenvalue weighted by atomic mass is 9.73. The maximum absolute atomic E-state index is 13.2. The fourth-order valence-electron chi connectivity index (χ4n) is 3.10. The minimum Gasteiger partial charge on any atom is -0.332 e. The maximum Gasteiger partial charge on any atom is 0.319 e. The van der Waals surface area contributed by atoms with Crippen LogP contribution in [-0.2, 0) is 6.42 Å². The topological polar surface area (TPSA) is 41.1 Å². The van der Waals surface area contributed by atoms with Crippen LogP contribution >= 0.6 is 11.6 Å². The van der Waals surface area contributed by atoms with Gasteiger partial charge in [0.15, 0.2) is 0 Å². The summed E-state index contributed by atoms with van der Waals surface area (Å²) in [6, 6.07) is 11.8. The number of hydrogen-bond acceptors (Lipinski definition) is 1. The van der Waals surface area contributed by atoms with Gasteiger partial charge in [-0.3, -0.25) is 0 Å². The van der Waals surface area contributed by atoms with Crippen molar-refractivity contribution in [1.82, 2.24) is 5.32 Å². The Morgan fingerprint density at radius 3 is 2.50 bits per heavy atom. The summed E-state index contributed by atoms with van der Waals surface area (Å²) in [4.78, 5) is 12.4. The van der Waals surface area contributed by atoms with E-state index in [1.807, 2.05) is 24.3 Å². The highest BCUT2D eigenvalue weighted by molar-refractivity contribution is 6.30. The zero-order chi connectivity index (χ0) is 17.2. The second-order valence-corrected chi connectivity index (χ2v) is 6.91. The molecular formula is C19H20ClFN2O. The molecule has 0 heterocycles. The highest BCUT2D eigenvalue weighted by atomic mass is 35.5. The monoisotopic (exact) mass is 346 g/mol. The molecule has 126 valence electrons. The SMILES string of the molecule is Cc1cc(F)ccc1NC(=O)NC1(Cc2ccc(Cl)cc2)CCC1. The molecule has 24 heavy (non-hydrogen) atoms.